The van der Waals surface area contributed by atoms with Gasteiger partial charge in [-0.25, -0.2) is 14.8 Å². The van der Waals surface area contributed by atoms with E-state index in [2.05, 4.69) is 32.0 Å². The molecule has 2 amide bonds. The van der Waals surface area contributed by atoms with Crippen LogP contribution in [0.3, 0.4) is 0 Å². The van der Waals surface area contributed by atoms with Crippen LogP contribution in [0, 0.1) is 5.92 Å². The Balaban J connectivity index is 1.28. The Morgan fingerprint density at radius 3 is 2.35 bits per heavy atom. The first-order valence-corrected chi connectivity index (χ1v) is 15.2. The highest BCUT2D eigenvalue weighted by Crippen LogP contribution is 2.31. The molecule has 0 bridgehead atoms. The first-order chi connectivity index (χ1) is 20.7. The fraction of sp³-hybridized carbons (Fsp3) is 0.419. The molecule has 12 heteroatoms. The van der Waals surface area contributed by atoms with Crippen molar-refractivity contribution in [3.05, 3.63) is 64.3 Å². The zero-order valence-electron chi connectivity index (χ0n) is 24.4. The average Bonchev–Trinajstić information content (AvgIpc) is 2.97. The number of carbonyl (C=O) groups excluding carboxylic acids is 2. The molecule has 2 aliphatic heterocycles. The van der Waals surface area contributed by atoms with Crippen LogP contribution in [-0.4, -0.2) is 84.7 Å². The number of halogens is 2. The highest BCUT2D eigenvalue weighted by atomic mass is 35.5. The molecule has 2 aromatic heterocycles. The number of rotatable bonds is 8. The lowest BCUT2D eigenvalue weighted by Crippen LogP contribution is -2.44. The summed E-state index contributed by atoms with van der Waals surface area (Å²) in [5.74, 6) is 1.81. The Bertz CT molecular complexity index is 1400. The second-order valence-electron chi connectivity index (χ2n) is 11.1. The van der Waals surface area contributed by atoms with E-state index in [-0.39, 0.29) is 5.92 Å². The molecular formula is C31H36Cl2N6O4. The predicted molar refractivity (Wildman–Crippen MR) is 167 cm³/mol. The Hall–Kier alpha value is -3.44. The van der Waals surface area contributed by atoms with Crippen LogP contribution in [-0.2, 0) is 16.1 Å². The van der Waals surface area contributed by atoms with E-state index >= 15 is 0 Å². The Morgan fingerprint density at radius 1 is 0.977 bits per heavy atom. The van der Waals surface area contributed by atoms with Gasteiger partial charge >= 0.3 is 6.09 Å². The third kappa shape index (κ3) is 9.03. The largest absolute Gasteiger partial charge is 0.449 e. The van der Waals surface area contributed by atoms with Crippen LogP contribution < -0.4 is 15.0 Å². The topological polar surface area (TPSA) is 100 Å². The molecule has 10 nitrogen and oxygen atoms in total. The van der Waals surface area contributed by atoms with Crippen LogP contribution in [0.15, 0.2) is 48.7 Å². The molecule has 1 N–H and O–H groups in total. The number of hydrogen-bond acceptors (Lipinski definition) is 9. The Kier molecular flexibility index (Phi) is 10.3. The summed E-state index contributed by atoms with van der Waals surface area (Å²) in [6.45, 7) is 7.86. The molecule has 0 unspecified atom stereocenters. The standard InChI is InChI=1S/C31H36Cl2N6O4/c1-21(40)35-31(41)42-20-22-5-7-38(8-6-22)19-23-13-28(24-15-25(32)17-26(33)16-24)36-30(14-23)43-27-3-4-29(34-18-27)39-11-9-37(2)10-12-39/h3-4,13-18,22H,5-12,19-20H2,1-2H3,(H,35,40,41). The second kappa shape index (κ2) is 14.4. The normalized spacial score (nSPS) is 16.6. The van der Waals surface area contributed by atoms with E-state index in [9.17, 15) is 9.59 Å². The van der Waals surface area contributed by atoms with Gasteiger partial charge < -0.3 is 19.3 Å². The van der Waals surface area contributed by atoms with Crippen molar-refractivity contribution in [1.82, 2.24) is 25.1 Å². The number of carbonyl (C=O) groups is 2. The van der Waals surface area contributed by atoms with E-state index in [1.165, 1.54) is 6.92 Å². The van der Waals surface area contributed by atoms with Gasteiger partial charge in [-0.15, -0.1) is 0 Å². The number of pyridine rings is 2. The lowest BCUT2D eigenvalue weighted by molar-refractivity contribution is -0.118. The summed E-state index contributed by atoms with van der Waals surface area (Å²) in [5.41, 5.74) is 2.54. The molecule has 5 rings (SSSR count). The number of nitrogens with one attached hydrogen (secondary N) is 1. The lowest BCUT2D eigenvalue weighted by atomic mass is 9.97. The first kappa shape index (κ1) is 31.0. The van der Waals surface area contributed by atoms with Crippen LogP contribution in [0.1, 0.15) is 25.3 Å². The molecule has 0 aliphatic carbocycles. The minimum absolute atomic E-state index is 0.246. The maximum absolute atomic E-state index is 11.6. The van der Waals surface area contributed by atoms with Crippen molar-refractivity contribution in [3.8, 4) is 22.9 Å². The number of amides is 2. The van der Waals surface area contributed by atoms with E-state index in [4.69, 9.17) is 37.7 Å². The number of anilines is 1. The number of imide groups is 1. The highest BCUT2D eigenvalue weighted by Gasteiger charge is 2.22. The van der Waals surface area contributed by atoms with Crippen LogP contribution in [0.5, 0.6) is 11.6 Å². The number of likely N-dealkylation sites (tertiary alicyclic amines) is 1. The molecule has 0 saturated carbocycles. The number of likely N-dealkylation sites (N-methyl/N-ethyl adjacent to an activating group) is 1. The fourth-order valence-corrected chi connectivity index (χ4v) is 5.80. The monoisotopic (exact) mass is 626 g/mol. The Morgan fingerprint density at radius 2 is 1.70 bits per heavy atom. The number of piperidine rings is 1. The van der Waals surface area contributed by atoms with Gasteiger partial charge in [-0.1, -0.05) is 23.2 Å². The van der Waals surface area contributed by atoms with Gasteiger partial charge in [0.05, 0.1) is 18.5 Å². The van der Waals surface area contributed by atoms with E-state index in [1.807, 2.05) is 36.4 Å². The minimum atomic E-state index is -0.697. The number of benzene rings is 1. The van der Waals surface area contributed by atoms with Gasteiger partial charge in [-0.3, -0.25) is 15.0 Å². The zero-order valence-corrected chi connectivity index (χ0v) is 25.9. The molecule has 2 aliphatic rings. The lowest BCUT2D eigenvalue weighted by Gasteiger charge is -2.33. The maximum atomic E-state index is 11.6. The molecule has 1 aromatic carbocycles. The van der Waals surface area contributed by atoms with Crippen LogP contribution in [0.25, 0.3) is 11.3 Å². The van der Waals surface area contributed by atoms with Gasteiger partial charge in [0.15, 0.2) is 0 Å². The van der Waals surface area contributed by atoms with Gasteiger partial charge in [0.2, 0.25) is 11.8 Å². The van der Waals surface area contributed by atoms with E-state index < -0.39 is 12.0 Å². The SMILES string of the molecule is CC(=O)NC(=O)OCC1CCN(Cc2cc(Oc3ccc(N4CCN(C)CC4)nc3)nc(-c3cc(Cl)cc(Cl)c3)c2)CC1. The van der Waals surface area contributed by atoms with Gasteiger partial charge in [0.1, 0.15) is 11.6 Å². The molecule has 43 heavy (non-hydrogen) atoms. The summed E-state index contributed by atoms with van der Waals surface area (Å²) < 4.78 is 11.4. The van der Waals surface area contributed by atoms with Gasteiger partial charge in [0.25, 0.3) is 0 Å². The number of aromatic nitrogens is 2. The van der Waals surface area contributed by atoms with Crippen molar-refractivity contribution >= 4 is 41.0 Å². The highest BCUT2D eigenvalue weighted by molar-refractivity contribution is 6.35. The fourth-order valence-electron chi connectivity index (χ4n) is 5.27. The average molecular weight is 628 g/mol. The number of nitrogens with zero attached hydrogens (tertiary/aromatic N) is 5. The smallest absolute Gasteiger partial charge is 0.413 e. The van der Waals surface area contributed by atoms with Gasteiger partial charge in [0, 0.05) is 61.3 Å². The molecule has 3 aromatic rings. The summed E-state index contributed by atoms with van der Waals surface area (Å²) >= 11 is 12.6. The Labute approximate surface area is 261 Å². The van der Waals surface area contributed by atoms with Gasteiger partial charge in [-0.2, -0.15) is 0 Å². The minimum Gasteiger partial charge on any atom is -0.449 e. The molecule has 4 heterocycles. The third-order valence-corrected chi connectivity index (χ3v) is 8.07. The van der Waals surface area contributed by atoms with Crippen molar-refractivity contribution < 1.29 is 19.1 Å². The van der Waals surface area contributed by atoms with Crippen LogP contribution >= 0.6 is 23.2 Å². The van der Waals surface area contributed by atoms with Crippen molar-refractivity contribution in [2.24, 2.45) is 5.92 Å². The molecular weight excluding hydrogens is 591 g/mol. The summed E-state index contributed by atoms with van der Waals surface area (Å²) in [6, 6.07) is 13.3. The molecule has 2 saturated heterocycles. The second-order valence-corrected chi connectivity index (χ2v) is 12.0. The van der Waals surface area contributed by atoms with E-state index in [0.29, 0.717) is 40.5 Å². The van der Waals surface area contributed by atoms with Crippen molar-refractivity contribution in [2.75, 3.05) is 57.8 Å². The summed E-state index contributed by atoms with van der Waals surface area (Å²) in [5, 5.41) is 3.20. The first-order valence-electron chi connectivity index (χ1n) is 14.4. The van der Waals surface area contributed by atoms with Crippen molar-refractivity contribution in [3.63, 3.8) is 0 Å². The third-order valence-electron chi connectivity index (χ3n) is 7.63. The molecule has 0 spiro atoms. The quantitative estimate of drug-likeness (QED) is 0.348. The zero-order chi connectivity index (χ0) is 30.3. The van der Waals surface area contributed by atoms with E-state index in [1.54, 1.807) is 12.3 Å². The van der Waals surface area contributed by atoms with Crippen LogP contribution in [0.4, 0.5) is 10.6 Å². The van der Waals surface area contributed by atoms with Gasteiger partial charge in [-0.05, 0) is 80.9 Å². The van der Waals surface area contributed by atoms with Crippen molar-refractivity contribution in [2.45, 2.75) is 26.3 Å². The molecule has 0 atom stereocenters. The van der Waals surface area contributed by atoms with Crippen molar-refractivity contribution in [1.29, 1.82) is 0 Å². The summed E-state index contributed by atoms with van der Waals surface area (Å²) in [7, 11) is 2.13. The number of ether oxygens (including phenoxy) is 2. The molecule has 228 valence electrons. The number of hydrogen-bond donors (Lipinski definition) is 1. The van der Waals surface area contributed by atoms with E-state index in [0.717, 1.165) is 69.1 Å². The number of piperazine rings is 1. The number of alkyl carbamates (subject to hydrolysis) is 1. The summed E-state index contributed by atoms with van der Waals surface area (Å²) in [4.78, 5) is 39.1. The summed E-state index contributed by atoms with van der Waals surface area (Å²) in [6.07, 6.45) is 2.80. The molecule has 2 fully saturated rings. The predicted octanol–water partition coefficient (Wildman–Crippen LogP) is 5.48. The maximum Gasteiger partial charge on any atom is 0.413 e. The van der Waals surface area contributed by atoms with Crippen LogP contribution in [0.2, 0.25) is 10.0 Å². The molecule has 0 radical (unpaired) electrons.